The van der Waals surface area contributed by atoms with Gasteiger partial charge in [-0.1, -0.05) is 5.16 Å². The number of sulfonamides is 1. The van der Waals surface area contributed by atoms with Gasteiger partial charge < -0.3 is 9.63 Å². The summed E-state index contributed by atoms with van der Waals surface area (Å²) in [6, 6.07) is 2.50. The van der Waals surface area contributed by atoms with Gasteiger partial charge in [-0.2, -0.15) is 4.98 Å². The monoisotopic (exact) mass is 303 g/mol. The van der Waals surface area contributed by atoms with Gasteiger partial charge >= 0.3 is 5.97 Å². The van der Waals surface area contributed by atoms with Gasteiger partial charge in [-0.15, -0.1) is 11.3 Å². The standard InChI is InChI=1S/C9H9N3O5S2/c13-9(14)6-1-2-8(18-6)19(15,16)12-4-3-7-10-5-11-17-7/h1-2,5,12H,3-4H2,(H,13,14). The lowest BCUT2D eigenvalue weighted by Gasteiger charge is -2.02. The zero-order chi connectivity index (χ0) is 13.9. The van der Waals surface area contributed by atoms with Gasteiger partial charge in [-0.3, -0.25) is 0 Å². The quantitative estimate of drug-likeness (QED) is 0.789. The molecule has 2 aromatic rings. The number of aromatic nitrogens is 2. The largest absolute Gasteiger partial charge is 0.477 e. The lowest BCUT2D eigenvalue weighted by molar-refractivity contribution is 0.0702. The molecule has 0 unspecified atom stereocenters. The molecule has 0 saturated carbocycles. The predicted molar refractivity (Wildman–Crippen MR) is 64.5 cm³/mol. The Bertz CT molecular complexity index is 662. The summed E-state index contributed by atoms with van der Waals surface area (Å²) in [5.41, 5.74) is 0. The Morgan fingerprint density at radius 3 is 2.84 bits per heavy atom. The molecule has 19 heavy (non-hydrogen) atoms. The van der Waals surface area contributed by atoms with Crippen LogP contribution in [-0.2, 0) is 16.4 Å². The lowest BCUT2D eigenvalue weighted by Crippen LogP contribution is -2.25. The van der Waals surface area contributed by atoms with Gasteiger partial charge in [0.2, 0.25) is 15.9 Å². The molecular weight excluding hydrogens is 294 g/mol. The highest BCUT2D eigenvalue weighted by Crippen LogP contribution is 2.21. The number of aromatic carboxylic acids is 1. The Morgan fingerprint density at radius 2 is 2.26 bits per heavy atom. The van der Waals surface area contributed by atoms with Gasteiger partial charge in [-0.25, -0.2) is 17.9 Å². The highest BCUT2D eigenvalue weighted by atomic mass is 32.2. The number of hydrogen-bond acceptors (Lipinski definition) is 7. The first-order chi connectivity index (χ1) is 8.99. The molecular formula is C9H9N3O5S2. The van der Waals surface area contributed by atoms with Crippen LogP contribution in [0.1, 0.15) is 15.6 Å². The van der Waals surface area contributed by atoms with Crippen LogP contribution in [0.25, 0.3) is 0 Å². The Labute approximate surface area is 112 Å². The average Bonchev–Trinajstić information content (AvgIpc) is 2.99. The Morgan fingerprint density at radius 1 is 1.47 bits per heavy atom. The van der Waals surface area contributed by atoms with E-state index in [0.717, 1.165) is 0 Å². The van der Waals surface area contributed by atoms with E-state index in [1.54, 1.807) is 0 Å². The highest BCUT2D eigenvalue weighted by molar-refractivity contribution is 7.91. The van der Waals surface area contributed by atoms with Gasteiger partial charge in [0.25, 0.3) is 0 Å². The lowest BCUT2D eigenvalue weighted by atomic mass is 10.4. The smallest absolute Gasteiger partial charge is 0.345 e. The van der Waals surface area contributed by atoms with E-state index in [9.17, 15) is 13.2 Å². The van der Waals surface area contributed by atoms with Crippen LogP contribution < -0.4 is 4.72 Å². The molecule has 2 rings (SSSR count). The highest BCUT2D eigenvalue weighted by Gasteiger charge is 2.18. The number of rotatable bonds is 6. The maximum Gasteiger partial charge on any atom is 0.345 e. The first-order valence-electron chi connectivity index (χ1n) is 5.07. The van der Waals surface area contributed by atoms with Gasteiger partial charge in [0.1, 0.15) is 9.09 Å². The van der Waals surface area contributed by atoms with Gasteiger partial charge in [-0.05, 0) is 12.1 Å². The van der Waals surface area contributed by atoms with Crippen LogP contribution in [0, 0.1) is 0 Å². The van der Waals surface area contributed by atoms with Crippen molar-refractivity contribution in [3.63, 3.8) is 0 Å². The molecule has 2 heterocycles. The Balaban J connectivity index is 1.99. The Kier molecular flexibility index (Phi) is 3.93. The SMILES string of the molecule is O=C(O)c1ccc(S(=O)(=O)NCCc2ncno2)s1. The van der Waals surface area contributed by atoms with Crippen LogP contribution in [0.5, 0.6) is 0 Å². The minimum absolute atomic E-state index is 0.0303. The number of hydrogen-bond donors (Lipinski definition) is 2. The maximum absolute atomic E-state index is 11.8. The summed E-state index contributed by atoms with van der Waals surface area (Å²) in [5.74, 6) is -0.836. The minimum atomic E-state index is -3.71. The van der Waals surface area contributed by atoms with E-state index in [0.29, 0.717) is 17.2 Å². The van der Waals surface area contributed by atoms with Crippen LogP contribution in [0.4, 0.5) is 0 Å². The van der Waals surface area contributed by atoms with Crippen molar-refractivity contribution in [2.75, 3.05) is 6.54 Å². The normalized spacial score (nSPS) is 11.6. The van der Waals surface area contributed by atoms with Crippen molar-refractivity contribution in [3.05, 3.63) is 29.2 Å². The molecule has 0 aliphatic rings. The topological polar surface area (TPSA) is 122 Å². The van der Waals surface area contributed by atoms with Gasteiger partial charge in [0, 0.05) is 13.0 Å². The van der Waals surface area contributed by atoms with E-state index in [4.69, 9.17) is 9.63 Å². The molecule has 2 aromatic heterocycles. The number of carboxylic acid groups (broad SMARTS) is 1. The predicted octanol–water partition coefficient (Wildman–Crippen LogP) is 0.350. The Hall–Kier alpha value is -1.78. The summed E-state index contributed by atoms with van der Waals surface area (Å²) in [6.07, 6.45) is 1.48. The summed E-state index contributed by atoms with van der Waals surface area (Å²) in [4.78, 5) is 14.4. The van der Waals surface area contributed by atoms with Gasteiger partial charge in [0.15, 0.2) is 6.33 Å². The van der Waals surface area contributed by atoms with E-state index >= 15 is 0 Å². The fourth-order valence-corrected chi connectivity index (χ4v) is 3.47. The first-order valence-corrected chi connectivity index (χ1v) is 7.37. The minimum Gasteiger partial charge on any atom is -0.477 e. The van der Waals surface area contributed by atoms with Crippen LogP contribution in [-0.4, -0.2) is 36.2 Å². The fourth-order valence-electron chi connectivity index (χ4n) is 1.25. The average molecular weight is 303 g/mol. The van der Waals surface area contributed by atoms with Crippen molar-refractivity contribution in [3.8, 4) is 0 Å². The summed E-state index contributed by atoms with van der Waals surface area (Å²) >= 11 is 0.694. The molecule has 102 valence electrons. The second kappa shape index (κ2) is 5.47. The van der Waals surface area contributed by atoms with Crippen molar-refractivity contribution < 1.29 is 22.8 Å². The van der Waals surface area contributed by atoms with E-state index in [1.165, 1.54) is 18.5 Å². The van der Waals surface area contributed by atoms with Crippen molar-refractivity contribution in [2.24, 2.45) is 0 Å². The van der Waals surface area contributed by atoms with E-state index in [-0.39, 0.29) is 22.1 Å². The fraction of sp³-hybridized carbons (Fsp3) is 0.222. The van der Waals surface area contributed by atoms with Crippen LogP contribution in [0.15, 0.2) is 27.2 Å². The molecule has 10 heteroatoms. The van der Waals surface area contributed by atoms with Crippen molar-refractivity contribution in [2.45, 2.75) is 10.6 Å². The molecule has 0 aromatic carbocycles. The number of carboxylic acids is 1. The van der Waals surface area contributed by atoms with Crippen molar-refractivity contribution >= 4 is 27.3 Å². The molecule has 0 aliphatic carbocycles. The van der Waals surface area contributed by atoms with Crippen LogP contribution in [0.3, 0.4) is 0 Å². The zero-order valence-electron chi connectivity index (χ0n) is 9.44. The number of thiophene rings is 1. The maximum atomic E-state index is 11.8. The third-order valence-corrected chi connectivity index (χ3v) is 5.12. The summed E-state index contributed by atoms with van der Waals surface area (Å²) < 4.78 is 30.7. The number of nitrogens with zero attached hydrogens (tertiary/aromatic N) is 2. The molecule has 0 spiro atoms. The van der Waals surface area contributed by atoms with E-state index in [1.807, 2.05) is 0 Å². The molecule has 2 N–H and O–H groups in total. The first kappa shape index (κ1) is 13.6. The van der Waals surface area contributed by atoms with Crippen LogP contribution >= 0.6 is 11.3 Å². The second-order valence-corrected chi connectivity index (χ2v) is 6.48. The van der Waals surface area contributed by atoms with Crippen LogP contribution in [0.2, 0.25) is 0 Å². The molecule has 0 saturated heterocycles. The molecule has 0 amide bonds. The molecule has 0 bridgehead atoms. The van der Waals surface area contributed by atoms with Crippen molar-refractivity contribution in [1.82, 2.24) is 14.9 Å². The summed E-state index contributed by atoms with van der Waals surface area (Å²) in [7, 11) is -3.71. The zero-order valence-corrected chi connectivity index (χ0v) is 11.1. The van der Waals surface area contributed by atoms with E-state index < -0.39 is 16.0 Å². The molecule has 0 fully saturated rings. The second-order valence-electron chi connectivity index (χ2n) is 3.41. The number of nitrogens with one attached hydrogen (secondary N) is 1. The molecule has 8 nitrogen and oxygen atoms in total. The van der Waals surface area contributed by atoms with Gasteiger partial charge in [0.05, 0.1) is 0 Å². The third kappa shape index (κ3) is 3.36. The molecule has 0 radical (unpaired) electrons. The van der Waals surface area contributed by atoms with E-state index in [2.05, 4.69) is 14.9 Å². The summed E-state index contributed by atoms with van der Waals surface area (Å²) in [6.45, 7) is 0.0881. The molecule has 0 atom stereocenters. The molecule has 0 aliphatic heterocycles. The number of carbonyl (C=O) groups is 1. The summed E-state index contributed by atoms with van der Waals surface area (Å²) in [5, 5.41) is 12.1. The van der Waals surface area contributed by atoms with Crippen molar-refractivity contribution in [1.29, 1.82) is 0 Å². The third-order valence-electron chi connectivity index (χ3n) is 2.09.